The third-order valence-electron chi connectivity index (χ3n) is 15.2. The molecule has 1 unspecified atom stereocenters. The lowest BCUT2D eigenvalue weighted by molar-refractivity contribution is 0.414. The van der Waals surface area contributed by atoms with Crippen LogP contribution >= 0.6 is 0 Å². The quantitative estimate of drug-likeness (QED) is 0.114. The van der Waals surface area contributed by atoms with Crippen LogP contribution < -0.4 is 14.5 Å². The van der Waals surface area contributed by atoms with Gasteiger partial charge in [0.1, 0.15) is 23.0 Å². The molecule has 0 fully saturated rings. The van der Waals surface area contributed by atoms with E-state index in [4.69, 9.17) is 4.74 Å². The number of phenols is 2. The highest BCUT2D eigenvalue weighted by Crippen LogP contribution is 2.38. The molecule has 5 nitrogen and oxygen atoms in total. The molecule has 2 N–H and O–H groups in total. The number of aryl methyl sites for hydroxylation is 4. The van der Waals surface area contributed by atoms with Crippen molar-refractivity contribution in [2.24, 2.45) is 0 Å². The van der Waals surface area contributed by atoms with Gasteiger partial charge in [-0.1, -0.05) is 91.9 Å². The number of phenolic OH excluding ortho intramolecular Hbond substituents is 2. The van der Waals surface area contributed by atoms with E-state index in [-0.39, 0.29) is 17.5 Å². The zero-order chi connectivity index (χ0) is 49.1. The number of likely N-dealkylation sites (N-methyl/N-ethyl adjacent to an activating group) is 1. The van der Waals surface area contributed by atoms with Gasteiger partial charge in [-0.2, -0.15) is 0 Å². The Balaban J connectivity index is 1.16. The number of benzene rings is 7. The summed E-state index contributed by atoms with van der Waals surface area (Å²) in [4.78, 5) is 4.67. The first-order chi connectivity index (χ1) is 33.1. The molecule has 8 rings (SSSR count). The molecule has 5 heteroatoms. The molecule has 354 valence electrons. The second kappa shape index (κ2) is 20.7. The third kappa shape index (κ3) is 10.2. The zero-order valence-corrected chi connectivity index (χ0v) is 42.7. The fourth-order valence-electron chi connectivity index (χ4n) is 10.3. The molecule has 1 aliphatic rings. The minimum absolute atomic E-state index is 0.130. The van der Waals surface area contributed by atoms with Gasteiger partial charge in [0, 0.05) is 49.2 Å². The number of allylic oxidation sites excluding steroid dienone is 6. The Labute approximate surface area is 411 Å². The van der Waals surface area contributed by atoms with E-state index in [2.05, 4.69) is 195 Å². The first kappa shape index (κ1) is 48.5. The Kier molecular flexibility index (Phi) is 14.6. The minimum Gasteiger partial charge on any atom is -0.508 e. The zero-order valence-electron chi connectivity index (χ0n) is 42.7. The molecule has 0 amide bonds. The van der Waals surface area contributed by atoms with Crippen molar-refractivity contribution in [1.29, 1.82) is 0 Å². The number of hydrogen-bond donors (Lipinski definition) is 2. The third-order valence-corrected chi connectivity index (χ3v) is 15.2. The van der Waals surface area contributed by atoms with E-state index in [0.717, 1.165) is 76.3 Å². The van der Waals surface area contributed by atoms with Gasteiger partial charge < -0.3 is 24.7 Å². The van der Waals surface area contributed by atoms with Crippen LogP contribution in [0.15, 0.2) is 156 Å². The summed E-state index contributed by atoms with van der Waals surface area (Å²) in [6.07, 6.45) is 14.1. The molecule has 1 atom stereocenters. The van der Waals surface area contributed by atoms with Crippen molar-refractivity contribution in [3.63, 3.8) is 0 Å². The van der Waals surface area contributed by atoms with Gasteiger partial charge in [0.05, 0.1) is 0 Å². The van der Waals surface area contributed by atoms with Gasteiger partial charge in [0.2, 0.25) is 0 Å². The molecule has 0 bridgehead atoms. The molecule has 0 saturated heterocycles. The van der Waals surface area contributed by atoms with Gasteiger partial charge in [0.15, 0.2) is 0 Å². The molecular weight excluding hydrogens is 845 g/mol. The maximum atomic E-state index is 11.2. The van der Waals surface area contributed by atoms with Gasteiger partial charge in [-0.05, 0) is 224 Å². The Morgan fingerprint density at radius 1 is 0.667 bits per heavy atom. The predicted molar refractivity (Wildman–Crippen MR) is 293 cm³/mol. The normalized spacial score (nSPS) is 14.4. The summed E-state index contributed by atoms with van der Waals surface area (Å²) < 4.78 is 7.27. The summed E-state index contributed by atoms with van der Waals surface area (Å²) >= 11 is 0. The van der Waals surface area contributed by atoms with E-state index in [9.17, 15) is 10.2 Å². The van der Waals surface area contributed by atoms with E-state index in [1.165, 1.54) is 71.9 Å². The van der Waals surface area contributed by atoms with Crippen molar-refractivity contribution in [3.8, 4) is 17.2 Å². The summed E-state index contributed by atoms with van der Waals surface area (Å²) in [5.41, 5.74) is 18.5. The summed E-state index contributed by atoms with van der Waals surface area (Å²) in [5.74, 6) is 2.29. The van der Waals surface area contributed by atoms with Gasteiger partial charge in [-0.25, -0.2) is 0 Å². The number of aromatic hydroxyl groups is 2. The van der Waals surface area contributed by atoms with Crippen LogP contribution in [-0.4, -0.2) is 30.4 Å². The molecule has 0 radical (unpaired) electrons. The average molecular weight is 915 g/mol. The van der Waals surface area contributed by atoms with Crippen molar-refractivity contribution in [1.82, 2.24) is 0 Å². The highest BCUT2D eigenvalue weighted by molar-refractivity contribution is 5.91. The number of fused-ring (bicyclic) bond motifs is 2. The lowest BCUT2D eigenvalue weighted by Gasteiger charge is -2.28. The van der Waals surface area contributed by atoms with Crippen molar-refractivity contribution < 1.29 is 14.9 Å². The molecule has 0 heterocycles. The lowest BCUT2D eigenvalue weighted by atomic mass is 9.88. The van der Waals surface area contributed by atoms with E-state index < -0.39 is 0 Å². The topological polar surface area (TPSA) is 56.2 Å². The van der Waals surface area contributed by atoms with Crippen LogP contribution in [-0.2, 0) is 19.3 Å². The molecule has 0 aromatic heterocycles. The maximum Gasteiger partial charge on any atom is 0.133 e. The fourth-order valence-corrected chi connectivity index (χ4v) is 10.3. The number of rotatable bonds is 14. The van der Waals surface area contributed by atoms with Crippen molar-refractivity contribution >= 4 is 32.9 Å². The Bertz CT molecular complexity index is 3200. The molecule has 7 aromatic rings. The van der Waals surface area contributed by atoms with E-state index in [0.29, 0.717) is 12.8 Å². The van der Waals surface area contributed by atoms with Crippen LogP contribution in [0.4, 0.5) is 11.4 Å². The van der Waals surface area contributed by atoms with Crippen molar-refractivity contribution in [2.75, 3.05) is 23.9 Å². The molecule has 0 saturated carbocycles. The number of ether oxygens (including phenoxy) is 1. The summed E-state index contributed by atoms with van der Waals surface area (Å²) in [7, 11) is 4.35. The van der Waals surface area contributed by atoms with Gasteiger partial charge in [-0.15, -0.1) is 0 Å². The highest BCUT2D eigenvalue weighted by Gasteiger charge is 2.22. The number of anilines is 2. The van der Waals surface area contributed by atoms with Crippen LogP contribution in [0.3, 0.4) is 0 Å². The highest BCUT2D eigenvalue weighted by atomic mass is 16.5. The predicted octanol–water partition coefficient (Wildman–Crippen LogP) is 15.9. The maximum absolute atomic E-state index is 11.2. The van der Waals surface area contributed by atoms with Gasteiger partial charge in [0.25, 0.3) is 0 Å². The molecule has 1 aliphatic carbocycles. The first-order valence-corrected chi connectivity index (χ1v) is 24.8. The molecular formula is C64H70N2O3. The number of hydrogen-bond acceptors (Lipinski definition) is 5. The summed E-state index contributed by atoms with van der Waals surface area (Å²) in [6, 6.07) is 38.3. The van der Waals surface area contributed by atoms with Crippen LogP contribution in [0, 0.1) is 41.5 Å². The number of nitrogens with zero attached hydrogens (tertiary/aromatic N) is 2. The summed E-state index contributed by atoms with van der Waals surface area (Å²) in [6.45, 7) is 19.6. The monoisotopic (exact) mass is 915 g/mol. The van der Waals surface area contributed by atoms with E-state index >= 15 is 0 Å². The van der Waals surface area contributed by atoms with Gasteiger partial charge in [-0.3, -0.25) is 0 Å². The van der Waals surface area contributed by atoms with Crippen LogP contribution in [0.2, 0.25) is 0 Å². The lowest BCUT2D eigenvalue weighted by Crippen LogP contribution is -2.27. The largest absolute Gasteiger partial charge is 0.508 e. The SMILES string of the molecule is CCc1cc(OC2=C(/C=C/C(C)N(C)c3ccc4ccccc4c3C)CCC/C2=C\C=C(/C)N(C)c2ccc3ccccc3c2C)cc(Cc2ccc(O)c(Cc3cc(O)cc(C)c3C)c2C)c1C. The smallest absolute Gasteiger partial charge is 0.133 e. The van der Waals surface area contributed by atoms with Crippen molar-refractivity contribution in [3.05, 3.63) is 217 Å². The molecule has 0 spiro atoms. The van der Waals surface area contributed by atoms with E-state index in [1.54, 1.807) is 6.07 Å². The Morgan fingerprint density at radius 2 is 1.30 bits per heavy atom. The van der Waals surface area contributed by atoms with E-state index in [1.807, 2.05) is 19.1 Å². The Hall–Kier alpha value is -6.98. The standard InChI is InChI=1S/C64H70N2O3/c1-12-48-37-57(38-54(44(48)6)35-53-30-33-63(68)60(45(53)7)39-55-36-56(67)34-40(2)43(55)5)69-64-51(26-24-41(3)65(10)61-31-28-49-18-13-15-22-58(49)46(61)8)20-17-21-52(64)27-25-42(4)66(11)62-32-29-50-19-14-16-23-59(50)47(62)9/h13-16,18-19,22-34,36-38,41,67-68H,12,17,20-21,35,39H2,1-11H3/b26-24+,42-25+,52-27+. The second-order valence-corrected chi connectivity index (χ2v) is 19.4. The molecule has 0 aliphatic heterocycles. The fraction of sp³-hybridized carbons (Fsp3) is 0.281. The minimum atomic E-state index is 0.130. The van der Waals surface area contributed by atoms with Crippen molar-refractivity contribution in [2.45, 2.75) is 107 Å². The molecule has 7 aromatic carbocycles. The Morgan fingerprint density at radius 3 is 2.00 bits per heavy atom. The van der Waals surface area contributed by atoms with Gasteiger partial charge >= 0.3 is 0 Å². The van der Waals surface area contributed by atoms with Crippen LogP contribution in [0.1, 0.15) is 101 Å². The average Bonchev–Trinajstić information content (AvgIpc) is 3.34. The molecule has 69 heavy (non-hydrogen) atoms. The second-order valence-electron chi connectivity index (χ2n) is 19.4. The summed E-state index contributed by atoms with van der Waals surface area (Å²) in [5, 5.41) is 26.7. The van der Waals surface area contributed by atoms with Crippen LogP contribution in [0.25, 0.3) is 21.5 Å². The first-order valence-electron chi connectivity index (χ1n) is 24.8. The van der Waals surface area contributed by atoms with Crippen LogP contribution in [0.5, 0.6) is 17.2 Å².